The molecular formula is C12H18BrNO4S2. The first-order valence-corrected chi connectivity index (χ1v) is 10.7. The molecule has 0 aromatic heterocycles. The van der Waals surface area contributed by atoms with Gasteiger partial charge in [0.15, 0.2) is 19.7 Å². The summed E-state index contributed by atoms with van der Waals surface area (Å²) in [5.74, 6) is 0. The van der Waals surface area contributed by atoms with E-state index >= 15 is 0 Å². The van der Waals surface area contributed by atoms with Crippen LogP contribution in [0, 0.1) is 0 Å². The second-order valence-corrected chi connectivity index (χ2v) is 9.44. The molecule has 8 heteroatoms. The minimum atomic E-state index is -3.52. The van der Waals surface area contributed by atoms with Gasteiger partial charge in [0.25, 0.3) is 0 Å². The van der Waals surface area contributed by atoms with Gasteiger partial charge in [-0.25, -0.2) is 16.8 Å². The Kier molecular flexibility index (Phi) is 5.26. The van der Waals surface area contributed by atoms with Crippen molar-refractivity contribution in [2.75, 3.05) is 29.8 Å². The van der Waals surface area contributed by atoms with E-state index in [1.165, 1.54) is 18.2 Å². The summed E-state index contributed by atoms with van der Waals surface area (Å²) in [5.41, 5.74) is 0.492. The molecule has 1 rings (SSSR count). The molecule has 0 amide bonds. The van der Waals surface area contributed by atoms with Crippen LogP contribution >= 0.6 is 15.9 Å². The number of sulfone groups is 2. The van der Waals surface area contributed by atoms with Crippen LogP contribution in [0.25, 0.3) is 0 Å². The number of alkyl halides is 1. The highest BCUT2D eigenvalue weighted by molar-refractivity contribution is 9.09. The average molecular weight is 384 g/mol. The predicted molar refractivity (Wildman–Crippen MR) is 84.3 cm³/mol. The Bertz CT molecular complexity index is 698. The van der Waals surface area contributed by atoms with E-state index in [1.54, 1.807) is 11.9 Å². The van der Waals surface area contributed by atoms with E-state index in [1.807, 2.05) is 6.92 Å². The monoisotopic (exact) mass is 383 g/mol. The quantitative estimate of drug-likeness (QED) is 0.723. The lowest BCUT2D eigenvalue weighted by atomic mass is 10.2. The van der Waals surface area contributed by atoms with Crippen LogP contribution in [0.1, 0.15) is 6.92 Å². The maximum Gasteiger partial charge on any atom is 0.177 e. The zero-order valence-electron chi connectivity index (χ0n) is 11.8. The molecule has 1 atom stereocenters. The second kappa shape index (κ2) is 6.03. The molecule has 0 spiro atoms. The van der Waals surface area contributed by atoms with Crippen molar-refractivity contribution in [2.24, 2.45) is 0 Å². The standard InChI is InChI=1S/C12H18BrNO4S2/c1-9(8-13)14(2)11-6-5-10(19(3,15)16)7-12(11)20(4,17)18/h5-7,9H,8H2,1-4H3. The van der Waals surface area contributed by atoms with Gasteiger partial charge in [0.2, 0.25) is 0 Å². The summed E-state index contributed by atoms with van der Waals surface area (Å²) in [4.78, 5) is 1.83. The van der Waals surface area contributed by atoms with Crippen molar-refractivity contribution in [1.29, 1.82) is 0 Å². The molecule has 1 aromatic carbocycles. The van der Waals surface area contributed by atoms with E-state index in [4.69, 9.17) is 0 Å². The Morgan fingerprint density at radius 3 is 2.10 bits per heavy atom. The zero-order chi connectivity index (χ0) is 15.7. The Labute approximate surface area is 128 Å². The van der Waals surface area contributed by atoms with Gasteiger partial charge < -0.3 is 4.90 Å². The molecule has 114 valence electrons. The fourth-order valence-electron chi connectivity index (χ4n) is 1.65. The normalized spacial score (nSPS) is 14.1. The maximum absolute atomic E-state index is 11.9. The summed E-state index contributed by atoms with van der Waals surface area (Å²) < 4.78 is 47.0. The maximum atomic E-state index is 11.9. The van der Waals surface area contributed by atoms with Crippen molar-refractivity contribution in [1.82, 2.24) is 0 Å². The van der Waals surface area contributed by atoms with E-state index in [0.29, 0.717) is 11.0 Å². The third-order valence-corrected chi connectivity index (χ3v) is 6.20. The van der Waals surface area contributed by atoms with Crippen LogP contribution in [-0.4, -0.2) is 47.8 Å². The smallest absolute Gasteiger partial charge is 0.177 e. The van der Waals surface area contributed by atoms with Gasteiger partial charge in [-0.2, -0.15) is 0 Å². The first-order chi connectivity index (χ1) is 8.98. The molecule has 0 radical (unpaired) electrons. The second-order valence-electron chi connectivity index (χ2n) is 4.79. The Morgan fingerprint density at radius 1 is 1.15 bits per heavy atom. The van der Waals surface area contributed by atoms with E-state index in [9.17, 15) is 16.8 Å². The summed E-state index contributed by atoms with van der Waals surface area (Å²) in [6.07, 6.45) is 2.13. The van der Waals surface area contributed by atoms with Crippen LogP contribution in [0.2, 0.25) is 0 Å². The fraction of sp³-hybridized carbons (Fsp3) is 0.500. The lowest BCUT2D eigenvalue weighted by Gasteiger charge is -2.27. The fourth-order valence-corrected chi connectivity index (χ4v) is 3.74. The highest BCUT2D eigenvalue weighted by Gasteiger charge is 2.21. The topological polar surface area (TPSA) is 71.5 Å². The number of hydrogen-bond donors (Lipinski definition) is 0. The minimum absolute atomic E-state index is 0.00145. The van der Waals surface area contributed by atoms with Crippen LogP contribution < -0.4 is 4.90 Å². The molecule has 0 aliphatic heterocycles. The first-order valence-electron chi connectivity index (χ1n) is 5.81. The zero-order valence-corrected chi connectivity index (χ0v) is 15.0. The highest BCUT2D eigenvalue weighted by Crippen LogP contribution is 2.29. The van der Waals surface area contributed by atoms with Crippen LogP contribution in [0.3, 0.4) is 0 Å². The predicted octanol–water partition coefficient (Wildman–Crippen LogP) is 1.71. The molecule has 1 aromatic rings. The number of hydrogen-bond acceptors (Lipinski definition) is 5. The van der Waals surface area contributed by atoms with Gasteiger partial charge in [-0.15, -0.1) is 0 Å². The van der Waals surface area contributed by atoms with Gasteiger partial charge in [0, 0.05) is 30.9 Å². The SMILES string of the molecule is CC(CBr)N(C)c1ccc(S(C)(=O)=O)cc1S(C)(=O)=O. The lowest BCUT2D eigenvalue weighted by molar-refractivity contribution is 0.599. The van der Waals surface area contributed by atoms with E-state index < -0.39 is 19.7 Å². The molecule has 0 saturated heterocycles. The van der Waals surface area contributed by atoms with Gasteiger partial charge in [-0.1, -0.05) is 15.9 Å². The molecule has 20 heavy (non-hydrogen) atoms. The summed E-state index contributed by atoms with van der Waals surface area (Å²) in [6.45, 7) is 1.94. The van der Waals surface area contributed by atoms with Crippen LogP contribution in [0.4, 0.5) is 5.69 Å². The van der Waals surface area contributed by atoms with Crippen LogP contribution in [0.15, 0.2) is 28.0 Å². The Balaban J connectivity index is 3.56. The molecular weight excluding hydrogens is 366 g/mol. The molecule has 5 nitrogen and oxygen atoms in total. The van der Waals surface area contributed by atoms with Gasteiger partial charge in [-0.3, -0.25) is 0 Å². The Hall–Kier alpha value is -0.600. The number of anilines is 1. The van der Waals surface area contributed by atoms with Crippen molar-refractivity contribution in [2.45, 2.75) is 22.8 Å². The lowest BCUT2D eigenvalue weighted by Crippen LogP contribution is -2.31. The molecule has 0 fully saturated rings. The molecule has 0 bridgehead atoms. The highest BCUT2D eigenvalue weighted by atomic mass is 79.9. The molecule has 0 N–H and O–H groups in total. The average Bonchev–Trinajstić information content (AvgIpc) is 2.34. The minimum Gasteiger partial charge on any atom is -0.370 e. The van der Waals surface area contributed by atoms with Crippen LogP contribution in [-0.2, 0) is 19.7 Å². The molecule has 0 aliphatic carbocycles. The van der Waals surface area contributed by atoms with E-state index in [-0.39, 0.29) is 15.8 Å². The van der Waals surface area contributed by atoms with Gasteiger partial charge in [0.05, 0.1) is 15.5 Å². The molecule has 0 saturated carbocycles. The summed E-state index contributed by atoms with van der Waals surface area (Å²) in [6, 6.07) is 4.25. The van der Waals surface area contributed by atoms with Crippen molar-refractivity contribution in [3.8, 4) is 0 Å². The summed E-state index contributed by atoms with van der Waals surface area (Å²) in [5, 5.41) is 0.667. The van der Waals surface area contributed by atoms with E-state index in [0.717, 1.165) is 12.5 Å². The Morgan fingerprint density at radius 2 is 1.70 bits per heavy atom. The third kappa shape index (κ3) is 3.95. The number of benzene rings is 1. The van der Waals surface area contributed by atoms with Crippen molar-refractivity contribution in [3.63, 3.8) is 0 Å². The molecule has 1 unspecified atom stereocenters. The van der Waals surface area contributed by atoms with Gasteiger partial charge in [0.1, 0.15) is 0 Å². The van der Waals surface area contributed by atoms with Crippen molar-refractivity contribution < 1.29 is 16.8 Å². The number of rotatable bonds is 5. The summed E-state index contributed by atoms with van der Waals surface area (Å²) in [7, 11) is -5.20. The van der Waals surface area contributed by atoms with Crippen LogP contribution in [0.5, 0.6) is 0 Å². The van der Waals surface area contributed by atoms with E-state index in [2.05, 4.69) is 15.9 Å². The van der Waals surface area contributed by atoms with Gasteiger partial charge in [-0.05, 0) is 25.1 Å². The van der Waals surface area contributed by atoms with Crippen molar-refractivity contribution in [3.05, 3.63) is 18.2 Å². The molecule has 0 aliphatic rings. The van der Waals surface area contributed by atoms with Gasteiger partial charge >= 0.3 is 0 Å². The first kappa shape index (κ1) is 17.5. The molecule has 0 heterocycles. The third-order valence-electron chi connectivity index (χ3n) is 3.02. The largest absolute Gasteiger partial charge is 0.370 e. The number of nitrogens with zero attached hydrogens (tertiary/aromatic N) is 1. The number of halogens is 1. The van der Waals surface area contributed by atoms with Crippen molar-refractivity contribution >= 4 is 41.3 Å². The summed E-state index contributed by atoms with van der Waals surface area (Å²) >= 11 is 3.35.